The van der Waals surface area contributed by atoms with Gasteiger partial charge in [0.15, 0.2) is 0 Å². The first kappa shape index (κ1) is 14.5. The van der Waals surface area contributed by atoms with Gasteiger partial charge in [-0.2, -0.15) is 0 Å². The van der Waals surface area contributed by atoms with E-state index in [0.29, 0.717) is 19.1 Å². The summed E-state index contributed by atoms with van der Waals surface area (Å²) in [5.74, 6) is 0.426. The van der Waals surface area contributed by atoms with Crippen molar-refractivity contribution < 1.29 is 9.53 Å². The molecule has 0 aromatic heterocycles. The second kappa shape index (κ2) is 6.58. The fourth-order valence-electron chi connectivity index (χ4n) is 3.23. The van der Waals surface area contributed by atoms with E-state index in [2.05, 4.69) is 24.4 Å². The molecule has 1 amide bonds. The lowest BCUT2D eigenvalue weighted by Gasteiger charge is -2.40. The molecule has 2 saturated heterocycles. The number of rotatable bonds is 2. The Morgan fingerprint density at radius 1 is 1.33 bits per heavy atom. The zero-order valence-electron chi connectivity index (χ0n) is 12.6. The van der Waals surface area contributed by atoms with E-state index < -0.39 is 0 Å². The highest BCUT2D eigenvalue weighted by molar-refractivity contribution is 5.79. The van der Waals surface area contributed by atoms with E-state index in [1.807, 2.05) is 23.1 Å². The number of ether oxygens (including phenoxy) is 1. The van der Waals surface area contributed by atoms with Gasteiger partial charge in [-0.15, -0.1) is 0 Å². The fraction of sp³-hybridized carbons (Fsp3) is 0.588. The minimum atomic E-state index is 0.00268. The number of carbonyl (C=O) groups is 1. The van der Waals surface area contributed by atoms with Crippen molar-refractivity contribution in [3.8, 4) is 0 Å². The van der Waals surface area contributed by atoms with Gasteiger partial charge in [0.1, 0.15) is 6.10 Å². The van der Waals surface area contributed by atoms with Crippen LogP contribution in [0.5, 0.6) is 0 Å². The van der Waals surface area contributed by atoms with E-state index in [4.69, 9.17) is 4.74 Å². The van der Waals surface area contributed by atoms with Crippen molar-refractivity contribution in [1.29, 1.82) is 0 Å². The Labute approximate surface area is 126 Å². The SMILES string of the molecule is CC1COC(c2ccccc2)CN1C(=O)C1CCCNC1. The van der Waals surface area contributed by atoms with Gasteiger partial charge in [0.25, 0.3) is 0 Å². The molecule has 3 atom stereocenters. The smallest absolute Gasteiger partial charge is 0.227 e. The minimum Gasteiger partial charge on any atom is -0.370 e. The van der Waals surface area contributed by atoms with Gasteiger partial charge in [-0.25, -0.2) is 0 Å². The van der Waals surface area contributed by atoms with E-state index in [0.717, 1.165) is 31.5 Å². The van der Waals surface area contributed by atoms with Gasteiger partial charge in [-0.1, -0.05) is 30.3 Å². The molecular weight excluding hydrogens is 264 g/mol. The molecule has 1 N–H and O–H groups in total. The summed E-state index contributed by atoms with van der Waals surface area (Å²) in [7, 11) is 0. The topological polar surface area (TPSA) is 41.6 Å². The molecule has 2 aliphatic rings. The van der Waals surface area contributed by atoms with Crippen LogP contribution in [0.15, 0.2) is 30.3 Å². The summed E-state index contributed by atoms with van der Waals surface area (Å²) < 4.78 is 5.93. The number of benzene rings is 1. The molecular formula is C17H24N2O2. The summed E-state index contributed by atoms with van der Waals surface area (Å²) >= 11 is 0. The van der Waals surface area contributed by atoms with Crippen molar-refractivity contribution in [2.45, 2.75) is 31.9 Å². The molecule has 0 radical (unpaired) electrons. The molecule has 1 aromatic carbocycles. The van der Waals surface area contributed by atoms with Crippen LogP contribution in [0.3, 0.4) is 0 Å². The van der Waals surface area contributed by atoms with Gasteiger partial charge < -0.3 is 15.0 Å². The van der Waals surface area contributed by atoms with Crippen LogP contribution in [-0.4, -0.2) is 43.1 Å². The molecule has 4 heteroatoms. The number of hydrogen-bond donors (Lipinski definition) is 1. The number of piperidine rings is 1. The highest BCUT2D eigenvalue weighted by Crippen LogP contribution is 2.26. The Bertz CT molecular complexity index is 471. The van der Waals surface area contributed by atoms with Gasteiger partial charge in [-0.3, -0.25) is 4.79 Å². The lowest BCUT2D eigenvalue weighted by Crippen LogP contribution is -2.52. The first-order valence-corrected chi connectivity index (χ1v) is 7.93. The van der Waals surface area contributed by atoms with E-state index >= 15 is 0 Å². The highest BCUT2D eigenvalue weighted by Gasteiger charge is 2.34. The van der Waals surface area contributed by atoms with Gasteiger partial charge in [0, 0.05) is 6.54 Å². The summed E-state index contributed by atoms with van der Waals surface area (Å²) in [5, 5.41) is 3.33. The lowest BCUT2D eigenvalue weighted by atomic mass is 9.96. The van der Waals surface area contributed by atoms with Crippen molar-refractivity contribution >= 4 is 5.91 Å². The second-order valence-electron chi connectivity index (χ2n) is 6.12. The van der Waals surface area contributed by atoms with Crippen molar-refractivity contribution in [3.63, 3.8) is 0 Å². The summed E-state index contributed by atoms with van der Waals surface area (Å²) in [6, 6.07) is 10.4. The molecule has 4 nitrogen and oxygen atoms in total. The molecule has 0 spiro atoms. The lowest BCUT2D eigenvalue weighted by molar-refractivity contribution is -0.149. The Morgan fingerprint density at radius 2 is 2.14 bits per heavy atom. The molecule has 1 aromatic rings. The predicted octanol–water partition coefficient (Wildman–Crippen LogP) is 1.97. The Balaban J connectivity index is 1.69. The minimum absolute atomic E-state index is 0.00268. The van der Waals surface area contributed by atoms with Gasteiger partial charge >= 0.3 is 0 Å². The molecule has 3 rings (SSSR count). The third-order valence-corrected chi connectivity index (χ3v) is 4.53. The van der Waals surface area contributed by atoms with Gasteiger partial charge in [0.05, 0.1) is 25.1 Å². The van der Waals surface area contributed by atoms with E-state index in [1.165, 1.54) is 0 Å². The molecule has 0 bridgehead atoms. The van der Waals surface area contributed by atoms with Gasteiger partial charge in [-0.05, 0) is 31.9 Å². The van der Waals surface area contributed by atoms with Crippen molar-refractivity contribution in [2.75, 3.05) is 26.2 Å². The maximum atomic E-state index is 12.8. The van der Waals surface area contributed by atoms with Crippen LogP contribution in [0.25, 0.3) is 0 Å². The van der Waals surface area contributed by atoms with E-state index in [-0.39, 0.29) is 18.1 Å². The highest BCUT2D eigenvalue weighted by atomic mass is 16.5. The zero-order valence-corrected chi connectivity index (χ0v) is 12.6. The monoisotopic (exact) mass is 288 g/mol. The summed E-state index contributed by atoms with van der Waals surface area (Å²) in [6.45, 7) is 5.22. The summed E-state index contributed by atoms with van der Waals surface area (Å²) in [5.41, 5.74) is 1.16. The quantitative estimate of drug-likeness (QED) is 0.904. The van der Waals surface area contributed by atoms with Crippen molar-refractivity contribution in [3.05, 3.63) is 35.9 Å². The van der Waals surface area contributed by atoms with Crippen LogP contribution in [0, 0.1) is 5.92 Å². The third-order valence-electron chi connectivity index (χ3n) is 4.53. The Morgan fingerprint density at radius 3 is 2.86 bits per heavy atom. The first-order chi connectivity index (χ1) is 10.3. The molecule has 0 saturated carbocycles. The maximum absolute atomic E-state index is 12.8. The molecule has 21 heavy (non-hydrogen) atoms. The summed E-state index contributed by atoms with van der Waals surface area (Å²) in [6.07, 6.45) is 2.10. The number of carbonyl (C=O) groups excluding carboxylic acids is 1. The largest absolute Gasteiger partial charge is 0.370 e. The van der Waals surface area contributed by atoms with E-state index in [9.17, 15) is 4.79 Å². The normalized spacial score (nSPS) is 30.1. The van der Waals surface area contributed by atoms with Crippen molar-refractivity contribution in [1.82, 2.24) is 10.2 Å². The number of nitrogens with one attached hydrogen (secondary N) is 1. The van der Waals surface area contributed by atoms with Crippen LogP contribution in [0.1, 0.15) is 31.4 Å². The summed E-state index contributed by atoms with van der Waals surface area (Å²) in [4.78, 5) is 14.8. The first-order valence-electron chi connectivity index (χ1n) is 7.93. The van der Waals surface area contributed by atoms with Crippen LogP contribution in [0.2, 0.25) is 0 Å². The predicted molar refractivity (Wildman–Crippen MR) is 81.9 cm³/mol. The Kier molecular flexibility index (Phi) is 4.56. The van der Waals surface area contributed by atoms with Gasteiger partial charge in [0.2, 0.25) is 5.91 Å². The molecule has 0 aliphatic carbocycles. The standard InChI is InChI=1S/C17H24N2O2/c1-13-12-21-16(14-6-3-2-4-7-14)11-19(13)17(20)15-8-5-9-18-10-15/h2-4,6-7,13,15-16,18H,5,8-12H2,1H3. The average molecular weight is 288 g/mol. The third kappa shape index (κ3) is 3.27. The molecule has 114 valence electrons. The maximum Gasteiger partial charge on any atom is 0.227 e. The number of amides is 1. The van der Waals surface area contributed by atoms with Crippen LogP contribution < -0.4 is 5.32 Å². The number of morpholine rings is 1. The second-order valence-corrected chi connectivity index (χ2v) is 6.12. The zero-order chi connectivity index (χ0) is 14.7. The van der Waals surface area contributed by atoms with Crippen LogP contribution in [-0.2, 0) is 9.53 Å². The molecule has 2 aliphatic heterocycles. The van der Waals surface area contributed by atoms with Crippen molar-refractivity contribution in [2.24, 2.45) is 5.92 Å². The molecule has 2 heterocycles. The van der Waals surface area contributed by atoms with Crippen LogP contribution in [0.4, 0.5) is 0 Å². The average Bonchev–Trinajstić information content (AvgIpc) is 2.56. The Hall–Kier alpha value is -1.39. The molecule has 2 fully saturated rings. The van der Waals surface area contributed by atoms with Crippen LogP contribution >= 0.6 is 0 Å². The molecule has 3 unspecified atom stereocenters. The number of nitrogens with zero attached hydrogens (tertiary/aromatic N) is 1. The fourth-order valence-corrected chi connectivity index (χ4v) is 3.23. The van der Waals surface area contributed by atoms with E-state index in [1.54, 1.807) is 0 Å². The number of hydrogen-bond acceptors (Lipinski definition) is 3.